The summed E-state index contributed by atoms with van der Waals surface area (Å²) in [5.41, 5.74) is 1.95. The summed E-state index contributed by atoms with van der Waals surface area (Å²) in [6.45, 7) is 0.317. The van der Waals surface area contributed by atoms with E-state index < -0.39 is 10.0 Å². The maximum absolute atomic E-state index is 11.2. The van der Waals surface area contributed by atoms with Crippen LogP contribution in [0.4, 0.5) is 11.6 Å². The second-order valence-corrected chi connectivity index (χ2v) is 8.76. The van der Waals surface area contributed by atoms with E-state index in [0.717, 1.165) is 23.3 Å². The van der Waals surface area contributed by atoms with E-state index >= 15 is 0 Å². The smallest absolute Gasteiger partial charge is 0.234 e. The van der Waals surface area contributed by atoms with Gasteiger partial charge in [0.1, 0.15) is 23.3 Å². The predicted molar refractivity (Wildman–Crippen MR) is 121 cm³/mol. The summed E-state index contributed by atoms with van der Waals surface area (Å²) in [7, 11) is 0.181. The zero-order valence-corrected chi connectivity index (χ0v) is 18.8. The summed E-state index contributed by atoms with van der Waals surface area (Å²) in [6.07, 6.45) is 1.68. The van der Waals surface area contributed by atoms with Gasteiger partial charge in [-0.05, 0) is 48.4 Å². The van der Waals surface area contributed by atoms with Crippen LogP contribution in [0.1, 0.15) is 11.3 Å². The first-order valence-electron chi connectivity index (χ1n) is 9.66. The number of aromatic nitrogens is 2. The first kappa shape index (κ1) is 23.0. The highest BCUT2D eigenvalue weighted by molar-refractivity contribution is 7.88. The Hall–Kier alpha value is -3.68. The quantitative estimate of drug-likeness (QED) is 0.525. The molecule has 0 bridgehead atoms. The molecule has 0 aliphatic heterocycles. The second kappa shape index (κ2) is 10.1. The fourth-order valence-electron chi connectivity index (χ4n) is 2.82. The normalized spacial score (nSPS) is 10.9. The zero-order chi connectivity index (χ0) is 23.1. The van der Waals surface area contributed by atoms with Crippen molar-refractivity contribution in [3.8, 4) is 23.4 Å². The predicted octanol–water partition coefficient (Wildman–Crippen LogP) is 3.01. The summed E-state index contributed by atoms with van der Waals surface area (Å²) < 4.78 is 35.8. The molecular formula is C22H23N5O4S. The van der Waals surface area contributed by atoms with Crippen LogP contribution in [0.25, 0.3) is 0 Å². The molecule has 0 aliphatic rings. The van der Waals surface area contributed by atoms with Gasteiger partial charge in [-0.2, -0.15) is 10.2 Å². The number of nitriles is 1. The lowest BCUT2D eigenvalue weighted by Crippen LogP contribution is -2.24. The molecule has 166 valence electrons. The van der Waals surface area contributed by atoms with Crippen molar-refractivity contribution in [3.05, 3.63) is 65.9 Å². The van der Waals surface area contributed by atoms with E-state index in [1.165, 1.54) is 6.07 Å². The third kappa shape index (κ3) is 6.41. The first-order chi connectivity index (χ1) is 15.3. The molecule has 0 saturated carbocycles. The van der Waals surface area contributed by atoms with Crippen molar-refractivity contribution in [2.45, 2.75) is 6.42 Å². The van der Waals surface area contributed by atoms with Gasteiger partial charge in [-0.25, -0.2) is 18.1 Å². The molecule has 10 heteroatoms. The molecule has 0 amide bonds. The number of hydrogen-bond acceptors (Lipinski definition) is 8. The maximum atomic E-state index is 11.2. The van der Waals surface area contributed by atoms with Crippen LogP contribution in [0.15, 0.2) is 54.6 Å². The van der Waals surface area contributed by atoms with Crippen LogP contribution in [-0.2, 0) is 16.4 Å². The Balaban J connectivity index is 1.74. The van der Waals surface area contributed by atoms with Gasteiger partial charge >= 0.3 is 0 Å². The van der Waals surface area contributed by atoms with Gasteiger partial charge in [0.05, 0.1) is 13.4 Å². The molecule has 0 saturated heterocycles. The van der Waals surface area contributed by atoms with E-state index in [0.29, 0.717) is 24.7 Å². The van der Waals surface area contributed by atoms with Crippen LogP contribution in [0.3, 0.4) is 0 Å². The molecule has 2 aromatic carbocycles. The van der Waals surface area contributed by atoms with E-state index in [-0.39, 0.29) is 11.6 Å². The number of anilines is 2. The maximum Gasteiger partial charge on any atom is 0.234 e. The number of sulfonamides is 1. The summed E-state index contributed by atoms with van der Waals surface area (Å²) in [6, 6.07) is 18.1. The topological polar surface area (TPSA) is 117 Å². The number of benzene rings is 2. The van der Waals surface area contributed by atoms with Gasteiger partial charge in [-0.1, -0.05) is 12.1 Å². The Morgan fingerprint density at radius 1 is 1.06 bits per heavy atom. The van der Waals surface area contributed by atoms with Gasteiger partial charge in [0.2, 0.25) is 21.9 Å². The van der Waals surface area contributed by atoms with Crippen LogP contribution in [-0.4, -0.2) is 45.3 Å². The third-order valence-corrected chi connectivity index (χ3v) is 5.22. The zero-order valence-electron chi connectivity index (χ0n) is 17.9. The van der Waals surface area contributed by atoms with Crippen LogP contribution >= 0.6 is 0 Å². The van der Waals surface area contributed by atoms with Crippen molar-refractivity contribution in [2.24, 2.45) is 0 Å². The van der Waals surface area contributed by atoms with Gasteiger partial charge in [0.15, 0.2) is 0 Å². The van der Waals surface area contributed by atoms with Gasteiger partial charge in [-0.15, -0.1) is 0 Å². The molecule has 3 rings (SSSR count). The van der Waals surface area contributed by atoms with Gasteiger partial charge < -0.3 is 14.4 Å². The van der Waals surface area contributed by atoms with Crippen LogP contribution in [0.5, 0.6) is 17.4 Å². The Morgan fingerprint density at radius 2 is 1.72 bits per heavy atom. The molecule has 9 nitrogen and oxygen atoms in total. The highest BCUT2D eigenvalue weighted by Crippen LogP contribution is 2.27. The van der Waals surface area contributed by atoms with Crippen molar-refractivity contribution in [3.63, 3.8) is 0 Å². The number of methoxy groups -OCH3 is 1. The largest absolute Gasteiger partial charge is 0.497 e. The molecule has 0 fully saturated rings. The Bertz CT molecular complexity index is 1210. The van der Waals surface area contributed by atoms with E-state index in [4.69, 9.17) is 9.47 Å². The second-order valence-electron chi connectivity index (χ2n) is 6.92. The molecule has 0 unspecified atom stereocenters. The van der Waals surface area contributed by atoms with Crippen LogP contribution in [0, 0.1) is 11.3 Å². The van der Waals surface area contributed by atoms with Crippen LogP contribution < -0.4 is 19.1 Å². The van der Waals surface area contributed by atoms with E-state index in [2.05, 4.69) is 14.7 Å². The number of ether oxygens (including phenoxy) is 2. The average molecular weight is 454 g/mol. The summed E-state index contributed by atoms with van der Waals surface area (Å²) in [5, 5.41) is 9.37. The molecule has 1 heterocycles. The van der Waals surface area contributed by atoms with E-state index in [1.807, 2.05) is 42.5 Å². The highest BCUT2D eigenvalue weighted by atomic mass is 32.2. The number of rotatable bonds is 9. The average Bonchev–Trinajstić information content (AvgIpc) is 2.78. The van der Waals surface area contributed by atoms with Crippen molar-refractivity contribution >= 4 is 21.7 Å². The van der Waals surface area contributed by atoms with Crippen molar-refractivity contribution in [2.75, 3.05) is 31.9 Å². The number of hydrogen-bond donors (Lipinski definition) is 1. The van der Waals surface area contributed by atoms with Gasteiger partial charge in [0.25, 0.3) is 0 Å². The Labute approximate surface area is 187 Å². The number of nitrogens with one attached hydrogen (secondary N) is 1. The molecule has 0 aliphatic carbocycles. The SMILES string of the molecule is COc1ccc(N(C)c2nc(C#N)cc(Oc3ccc(CCNS(C)(=O)=O)cc3)n2)cc1. The molecule has 0 spiro atoms. The molecular weight excluding hydrogens is 430 g/mol. The van der Waals surface area contributed by atoms with Gasteiger partial charge in [0, 0.05) is 25.3 Å². The molecule has 1 aromatic heterocycles. The minimum Gasteiger partial charge on any atom is -0.497 e. The molecule has 32 heavy (non-hydrogen) atoms. The van der Waals surface area contributed by atoms with Crippen molar-refractivity contribution < 1.29 is 17.9 Å². The number of nitrogens with zero attached hydrogens (tertiary/aromatic N) is 4. The van der Waals surface area contributed by atoms with Gasteiger partial charge in [-0.3, -0.25) is 0 Å². The molecule has 1 N–H and O–H groups in total. The minimum atomic E-state index is -3.21. The Morgan fingerprint density at radius 3 is 2.31 bits per heavy atom. The summed E-state index contributed by atoms with van der Waals surface area (Å²) in [5.74, 6) is 1.81. The lowest BCUT2D eigenvalue weighted by molar-refractivity contribution is 0.415. The van der Waals surface area contributed by atoms with E-state index in [9.17, 15) is 13.7 Å². The Kier molecular flexibility index (Phi) is 7.25. The lowest BCUT2D eigenvalue weighted by atomic mass is 10.1. The van der Waals surface area contributed by atoms with Crippen molar-refractivity contribution in [1.82, 2.24) is 14.7 Å². The fourth-order valence-corrected chi connectivity index (χ4v) is 3.29. The fraction of sp³-hybridized carbons (Fsp3) is 0.227. The summed E-state index contributed by atoms with van der Waals surface area (Å²) in [4.78, 5) is 10.4. The standard InChI is InChI=1S/C22H23N5O4S/c1-27(18-6-10-19(30-2)11-7-18)22-25-17(15-23)14-21(26-22)31-20-8-4-16(5-9-20)12-13-24-32(3,28)29/h4-11,14,24H,12-13H2,1-3H3. The summed E-state index contributed by atoms with van der Waals surface area (Å²) >= 11 is 0. The third-order valence-electron chi connectivity index (χ3n) is 4.49. The molecule has 3 aromatic rings. The first-order valence-corrected chi connectivity index (χ1v) is 11.5. The molecule has 0 radical (unpaired) electrons. The molecule has 0 atom stereocenters. The van der Waals surface area contributed by atoms with Crippen molar-refractivity contribution in [1.29, 1.82) is 5.26 Å². The monoisotopic (exact) mass is 453 g/mol. The van der Waals surface area contributed by atoms with Crippen LogP contribution in [0.2, 0.25) is 0 Å². The van der Waals surface area contributed by atoms with E-state index in [1.54, 1.807) is 31.2 Å². The minimum absolute atomic E-state index is 0.175. The highest BCUT2D eigenvalue weighted by Gasteiger charge is 2.12. The lowest BCUT2D eigenvalue weighted by Gasteiger charge is -2.18.